The molecule has 5 nitrogen and oxygen atoms in total. The third kappa shape index (κ3) is 2.99. The normalized spacial score (nSPS) is 16.3. The monoisotopic (exact) mass is 200 g/mol. The molecule has 5 heteroatoms. The lowest BCUT2D eigenvalue weighted by molar-refractivity contribution is -0.141. The number of carbonyl (C=O) groups is 2. The van der Waals surface area contributed by atoms with Gasteiger partial charge in [0.25, 0.3) is 0 Å². The van der Waals surface area contributed by atoms with E-state index in [4.69, 9.17) is 5.11 Å². The van der Waals surface area contributed by atoms with Gasteiger partial charge in [-0.2, -0.15) is 0 Å². The molecule has 0 aromatic heterocycles. The number of aliphatic hydroxyl groups excluding tert-OH is 1. The fraction of sp³-hybridized carbons (Fsp3) is 0.778. The van der Waals surface area contributed by atoms with Gasteiger partial charge in [0.15, 0.2) is 0 Å². The van der Waals surface area contributed by atoms with Crippen molar-refractivity contribution in [1.82, 2.24) is 10.2 Å². The predicted octanol–water partition coefficient (Wildman–Crippen LogP) is -0.894. The number of aliphatic hydroxyl groups is 1. The first kappa shape index (κ1) is 11.0. The van der Waals surface area contributed by atoms with Gasteiger partial charge in [-0.05, 0) is 6.42 Å². The predicted molar refractivity (Wildman–Crippen MR) is 50.5 cm³/mol. The fourth-order valence-electron chi connectivity index (χ4n) is 1.26. The molecule has 1 heterocycles. The number of carbonyl (C=O) groups excluding carboxylic acids is 2. The van der Waals surface area contributed by atoms with Crippen LogP contribution < -0.4 is 5.32 Å². The molecule has 1 fully saturated rings. The molecule has 14 heavy (non-hydrogen) atoms. The van der Waals surface area contributed by atoms with E-state index in [1.807, 2.05) is 6.92 Å². The van der Waals surface area contributed by atoms with Crippen molar-refractivity contribution in [2.24, 2.45) is 0 Å². The number of nitrogens with one attached hydrogen (secondary N) is 1. The lowest BCUT2D eigenvalue weighted by atomic mass is 10.2. The topological polar surface area (TPSA) is 69.6 Å². The molecule has 0 saturated carbocycles. The molecule has 1 rings (SSSR count). The maximum atomic E-state index is 11.3. The smallest absolute Gasteiger partial charge is 0.242 e. The van der Waals surface area contributed by atoms with Gasteiger partial charge in [-0.25, -0.2) is 0 Å². The van der Waals surface area contributed by atoms with Crippen molar-refractivity contribution >= 4 is 11.8 Å². The molecular formula is C9H16N2O3. The van der Waals surface area contributed by atoms with Gasteiger partial charge < -0.3 is 15.3 Å². The van der Waals surface area contributed by atoms with Gasteiger partial charge in [0.2, 0.25) is 11.8 Å². The number of β-amino-alcohol motifs (C(OH)–C–C–N with tert-alkyl or cyclic N) is 1. The molecule has 0 bridgehead atoms. The lowest BCUT2D eigenvalue weighted by Gasteiger charge is -2.35. The van der Waals surface area contributed by atoms with Gasteiger partial charge in [-0.1, -0.05) is 6.92 Å². The van der Waals surface area contributed by atoms with E-state index in [1.54, 1.807) is 0 Å². The van der Waals surface area contributed by atoms with Crippen LogP contribution in [0, 0.1) is 0 Å². The summed E-state index contributed by atoms with van der Waals surface area (Å²) in [4.78, 5) is 23.8. The van der Waals surface area contributed by atoms with Crippen LogP contribution >= 0.6 is 0 Å². The van der Waals surface area contributed by atoms with Gasteiger partial charge in [0.05, 0.1) is 12.6 Å². The third-order valence-corrected chi connectivity index (χ3v) is 2.13. The van der Waals surface area contributed by atoms with Crippen LogP contribution in [0.15, 0.2) is 0 Å². The molecule has 2 amide bonds. The number of amides is 2. The van der Waals surface area contributed by atoms with Crippen LogP contribution in [0.1, 0.15) is 19.8 Å². The van der Waals surface area contributed by atoms with Crippen molar-refractivity contribution in [1.29, 1.82) is 0 Å². The summed E-state index contributed by atoms with van der Waals surface area (Å²) in [5.41, 5.74) is 0. The molecule has 1 saturated heterocycles. The van der Waals surface area contributed by atoms with Crippen molar-refractivity contribution in [3.63, 3.8) is 0 Å². The van der Waals surface area contributed by atoms with Crippen LogP contribution in [0.2, 0.25) is 0 Å². The summed E-state index contributed by atoms with van der Waals surface area (Å²) in [6.45, 7) is 2.74. The molecule has 0 aromatic rings. The first-order valence-corrected chi connectivity index (χ1v) is 4.86. The zero-order valence-corrected chi connectivity index (χ0v) is 8.32. The molecule has 0 radical (unpaired) electrons. The first-order chi connectivity index (χ1) is 6.63. The van der Waals surface area contributed by atoms with Crippen LogP contribution in [0.4, 0.5) is 0 Å². The Morgan fingerprint density at radius 1 is 1.50 bits per heavy atom. The van der Waals surface area contributed by atoms with Crippen LogP contribution in [-0.4, -0.2) is 47.6 Å². The molecule has 0 atom stereocenters. The van der Waals surface area contributed by atoms with Crippen molar-refractivity contribution < 1.29 is 14.7 Å². The minimum Gasteiger partial charge on any atom is -0.389 e. The molecule has 1 aliphatic heterocycles. The zero-order valence-electron chi connectivity index (χ0n) is 8.32. The molecule has 0 spiro atoms. The minimum atomic E-state index is -0.384. The van der Waals surface area contributed by atoms with E-state index in [9.17, 15) is 9.59 Å². The Morgan fingerprint density at radius 2 is 2.14 bits per heavy atom. The van der Waals surface area contributed by atoms with Crippen LogP contribution in [0.5, 0.6) is 0 Å². The SMILES string of the molecule is CCCC(=O)NCC(=O)N1CC(O)C1. The lowest BCUT2D eigenvalue weighted by Crippen LogP contribution is -2.55. The van der Waals surface area contributed by atoms with Gasteiger partial charge in [0.1, 0.15) is 0 Å². The summed E-state index contributed by atoms with van der Waals surface area (Å²) < 4.78 is 0. The molecule has 1 aliphatic rings. The van der Waals surface area contributed by atoms with Gasteiger partial charge >= 0.3 is 0 Å². The summed E-state index contributed by atoms with van der Waals surface area (Å²) in [6.07, 6.45) is 0.850. The number of hydrogen-bond acceptors (Lipinski definition) is 3. The van der Waals surface area contributed by atoms with Crippen LogP contribution in [-0.2, 0) is 9.59 Å². The molecule has 0 unspecified atom stereocenters. The first-order valence-electron chi connectivity index (χ1n) is 4.86. The number of likely N-dealkylation sites (tertiary alicyclic amines) is 1. The average molecular weight is 200 g/mol. The van der Waals surface area contributed by atoms with Crippen molar-refractivity contribution in [3.8, 4) is 0 Å². The maximum absolute atomic E-state index is 11.3. The van der Waals surface area contributed by atoms with E-state index in [1.165, 1.54) is 4.90 Å². The largest absolute Gasteiger partial charge is 0.389 e. The van der Waals surface area contributed by atoms with E-state index in [0.717, 1.165) is 6.42 Å². The third-order valence-electron chi connectivity index (χ3n) is 2.13. The number of rotatable bonds is 4. The summed E-state index contributed by atoms with van der Waals surface area (Å²) in [7, 11) is 0. The second-order valence-electron chi connectivity index (χ2n) is 3.48. The van der Waals surface area contributed by atoms with Crippen LogP contribution in [0.25, 0.3) is 0 Å². The van der Waals surface area contributed by atoms with Crippen LogP contribution in [0.3, 0.4) is 0 Å². The highest BCUT2D eigenvalue weighted by atomic mass is 16.3. The number of hydrogen-bond donors (Lipinski definition) is 2. The highest BCUT2D eigenvalue weighted by molar-refractivity contribution is 5.85. The zero-order chi connectivity index (χ0) is 10.6. The summed E-state index contributed by atoms with van der Waals surface area (Å²) in [5, 5.41) is 11.5. The van der Waals surface area contributed by atoms with Crippen molar-refractivity contribution in [2.45, 2.75) is 25.9 Å². The Morgan fingerprint density at radius 3 is 2.64 bits per heavy atom. The quantitative estimate of drug-likeness (QED) is 0.618. The average Bonchev–Trinajstić information content (AvgIpc) is 2.10. The Labute approximate surface area is 83.1 Å². The molecule has 0 aliphatic carbocycles. The van der Waals surface area contributed by atoms with E-state index < -0.39 is 0 Å². The number of nitrogens with zero attached hydrogens (tertiary/aromatic N) is 1. The van der Waals surface area contributed by atoms with E-state index >= 15 is 0 Å². The summed E-state index contributed by atoms with van der Waals surface area (Å²) in [6, 6.07) is 0. The van der Waals surface area contributed by atoms with Crippen molar-refractivity contribution in [2.75, 3.05) is 19.6 Å². The summed E-state index contributed by atoms with van der Waals surface area (Å²) in [5.74, 6) is -0.221. The highest BCUT2D eigenvalue weighted by Gasteiger charge is 2.28. The Hall–Kier alpha value is -1.10. The Balaban J connectivity index is 2.12. The molecule has 0 aromatic carbocycles. The second kappa shape index (κ2) is 4.95. The van der Waals surface area contributed by atoms with E-state index in [2.05, 4.69) is 5.32 Å². The Kier molecular flexibility index (Phi) is 3.88. The summed E-state index contributed by atoms with van der Waals surface area (Å²) >= 11 is 0. The Bertz CT molecular complexity index is 224. The van der Waals surface area contributed by atoms with Crippen molar-refractivity contribution in [3.05, 3.63) is 0 Å². The maximum Gasteiger partial charge on any atom is 0.242 e. The molecule has 2 N–H and O–H groups in total. The van der Waals surface area contributed by atoms with E-state index in [-0.39, 0.29) is 24.5 Å². The van der Waals surface area contributed by atoms with E-state index in [0.29, 0.717) is 19.5 Å². The standard InChI is InChI=1S/C9H16N2O3/c1-2-3-8(13)10-4-9(14)11-5-7(12)6-11/h7,12H,2-6H2,1H3,(H,10,13). The molecule has 80 valence electrons. The van der Waals surface area contributed by atoms with Gasteiger partial charge in [-0.3, -0.25) is 9.59 Å². The minimum absolute atomic E-state index is 0.0472. The second-order valence-corrected chi connectivity index (χ2v) is 3.48. The van der Waals surface area contributed by atoms with Gasteiger partial charge in [-0.15, -0.1) is 0 Å². The van der Waals surface area contributed by atoms with Gasteiger partial charge in [0, 0.05) is 19.5 Å². The fourth-order valence-corrected chi connectivity index (χ4v) is 1.26. The molecular weight excluding hydrogens is 184 g/mol. The highest BCUT2D eigenvalue weighted by Crippen LogP contribution is 2.06.